The monoisotopic (exact) mass is 404 g/mol. The van der Waals surface area contributed by atoms with Crippen LogP contribution in [0.4, 0.5) is 0 Å². The second-order valence-corrected chi connectivity index (χ2v) is 9.24. The van der Waals surface area contributed by atoms with Gasteiger partial charge in [0.05, 0.1) is 0 Å². The highest BCUT2D eigenvalue weighted by Gasteiger charge is 2.38. The predicted molar refractivity (Wildman–Crippen MR) is 114 cm³/mol. The normalized spacial score (nSPS) is 20.5. The second kappa shape index (κ2) is 10.6. The van der Waals surface area contributed by atoms with Crippen LogP contribution in [0.25, 0.3) is 0 Å². The summed E-state index contributed by atoms with van der Waals surface area (Å²) in [7, 11) is 0. The number of carbonyl (C=O) groups is 3. The molecule has 6 heteroatoms. The van der Waals surface area contributed by atoms with Crippen LogP contribution in [0.15, 0.2) is 30.3 Å². The third kappa shape index (κ3) is 6.66. The van der Waals surface area contributed by atoms with Gasteiger partial charge in [-0.1, -0.05) is 55.9 Å². The van der Waals surface area contributed by atoms with Gasteiger partial charge in [-0.25, -0.2) is 0 Å². The molecule has 1 aromatic rings. The average Bonchev–Trinajstić information content (AvgIpc) is 2.90. The van der Waals surface area contributed by atoms with E-state index in [1.807, 2.05) is 30.0 Å². The summed E-state index contributed by atoms with van der Waals surface area (Å²) in [5.74, 6) is 0.449. The number of carbonyl (C=O) groups excluding carboxylic acids is 3. The van der Waals surface area contributed by atoms with E-state index in [4.69, 9.17) is 0 Å². The Morgan fingerprint density at radius 1 is 1.25 bits per heavy atom. The molecule has 0 saturated carbocycles. The number of likely N-dealkylation sites (tertiary alicyclic amines) is 1. The molecule has 154 valence electrons. The molecular formula is C22H32N2O3S. The van der Waals surface area contributed by atoms with Gasteiger partial charge in [0, 0.05) is 31.2 Å². The molecule has 0 spiro atoms. The minimum atomic E-state index is -0.463. The lowest BCUT2D eigenvalue weighted by molar-refractivity contribution is -0.134. The van der Waals surface area contributed by atoms with Crippen LogP contribution in [-0.4, -0.2) is 46.2 Å². The SMILES string of the molecule is CC(=O)SCC(CC(C)C)C(=O)NC1CC(C)N(CCc2ccccc2)C1=O. The van der Waals surface area contributed by atoms with E-state index in [9.17, 15) is 14.4 Å². The zero-order valence-corrected chi connectivity index (χ0v) is 18.1. The summed E-state index contributed by atoms with van der Waals surface area (Å²) in [4.78, 5) is 38.8. The number of benzene rings is 1. The second-order valence-electron chi connectivity index (χ2n) is 8.04. The molecule has 0 aromatic heterocycles. The Morgan fingerprint density at radius 2 is 1.93 bits per heavy atom. The third-order valence-corrected chi connectivity index (χ3v) is 6.08. The van der Waals surface area contributed by atoms with Crippen molar-refractivity contribution in [2.75, 3.05) is 12.3 Å². The largest absolute Gasteiger partial charge is 0.344 e. The molecule has 1 heterocycles. The molecule has 5 nitrogen and oxygen atoms in total. The first-order valence-corrected chi connectivity index (χ1v) is 11.0. The Morgan fingerprint density at radius 3 is 2.54 bits per heavy atom. The van der Waals surface area contributed by atoms with Crippen LogP contribution in [0.2, 0.25) is 0 Å². The molecule has 1 aromatic carbocycles. The summed E-state index contributed by atoms with van der Waals surface area (Å²) in [5, 5.41) is 2.97. The maximum absolute atomic E-state index is 12.8. The van der Waals surface area contributed by atoms with Gasteiger partial charge in [-0.3, -0.25) is 14.4 Å². The van der Waals surface area contributed by atoms with Crippen LogP contribution in [0.5, 0.6) is 0 Å². The Labute approximate surface area is 172 Å². The van der Waals surface area contributed by atoms with Crippen molar-refractivity contribution in [3.05, 3.63) is 35.9 Å². The maximum Gasteiger partial charge on any atom is 0.245 e. The Kier molecular flexibility index (Phi) is 8.55. The van der Waals surface area contributed by atoms with Crippen LogP contribution >= 0.6 is 11.8 Å². The fourth-order valence-electron chi connectivity index (χ4n) is 3.66. The summed E-state index contributed by atoms with van der Waals surface area (Å²) in [6.45, 7) is 8.33. The van der Waals surface area contributed by atoms with Crippen molar-refractivity contribution in [1.82, 2.24) is 10.2 Å². The molecule has 3 unspecified atom stereocenters. The fraction of sp³-hybridized carbons (Fsp3) is 0.591. The zero-order chi connectivity index (χ0) is 20.7. The maximum atomic E-state index is 12.8. The molecule has 0 bridgehead atoms. The molecule has 28 heavy (non-hydrogen) atoms. The van der Waals surface area contributed by atoms with E-state index >= 15 is 0 Å². The molecule has 1 aliphatic heterocycles. The molecule has 1 saturated heterocycles. The van der Waals surface area contributed by atoms with E-state index in [2.05, 4.69) is 31.3 Å². The fourth-order valence-corrected chi connectivity index (χ4v) is 4.38. The molecule has 0 aliphatic carbocycles. The molecule has 2 rings (SSSR count). The van der Waals surface area contributed by atoms with Gasteiger partial charge in [-0.2, -0.15) is 0 Å². The summed E-state index contributed by atoms with van der Waals surface area (Å²) in [5.41, 5.74) is 1.20. The first kappa shape index (κ1) is 22.5. The van der Waals surface area contributed by atoms with Crippen molar-refractivity contribution in [2.24, 2.45) is 11.8 Å². The zero-order valence-electron chi connectivity index (χ0n) is 17.3. The minimum absolute atomic E-state index is 0.000649. The molecule has 3 atom stereocenters. The highest BCUT2D eigenvalue weighted by atomic mass is 32.2. The average molecular weight is 405 g/mol. The van der Waals surface area contributed by atoms with Gasteiger partial charge in [-0.15, -0.1) is 0 Å². The number of amides is 2. The number of rotatable bonds is 9. The van der Waals surface area contributed by atoms with Crippen LogP contribution in [0.1, 0.15) is 46.1 Å². The lowest BCUT2D eigenvalue weighted by Crippen LogP contribution is -2.45. The van der Waals surface area contributed by atoms with Crippen molar-refractivity contribution in [1.29, 1.82) is 0 Å². The number of thioether (sulfide) groups is 1. The summed E-state index contributed by atoms with van der Waals surface area (Å²) in [6.07, 6.45) is 2.15. The van der Waals surface area contributed by atoms with Crippen molar-refractivity contribution in [2.45, 2.75) is 59.0 Å². The molecule has 1 aliphatic rings. The number of nitrogens with one attached hydrogen (secondary N) is 1. The van der Waals surface area contributed by atoms with Gasteiger partial charge in [0.1, 0.15) is 6.04 Å². The third-order valence-electron chi connectivity index (χ3n) is 5.11. The predicted octanol–water partition coefficient (Wildman–Crippen LogP) is 3.28. The lowest BCUT2D eigenvalue weighted by Gasteiger charge is -2.22. The van der Waals surface area contributed by atoms with Gasteiger partial charge in [0.25, 0.3) is 0 Å². The number of nitrogens with zero attached hydrogens (tertiary/aromatic N) is 1. The van der Waals surface area contributed by atoms with Crippen molar-refractivity contribution in [3.8, 4) is 0 Å². The number of hydrogen-bond acceptors (Lipinski definition) is 4. The Bertz CT molecular complexity index is 678. The smallest absolute Gasteiger partial charge is 0.245 e. The minimum Gasteiger partial charge on any atom is -0.344 e. The van der Waals surface area contributed by atoms with Crippen molar-refractivity contribution < 1.29 is 14.4 Å². The van der Waals surface area contributed by atoms with Crippen molar-refractivity contribution >= 4 is 28.7 Å². The lowest BCUT2D eigenvalue weighted by atomic mass is 9.97. The van der Waals surface area contributed by atoms with Crippen LogP contribution in [0, 0.1) is 11.8 Å². The van der Waals surface area contributed by atoms with Crippen LogP contribution in [-0.2, 0) is 20.8 Å². The molecule has 2 amide bonds. The first-order valence-electron chi connectivity index (χ1n) is 10.1. The quantitative estimate of drug-likeness (QED) is 0.686. The highest BCUT2D eigenvalue weighted by Crippen LogP contribution is 2.22. The van der Waals surface area contributed by atoms with Crippen LogP contribution < -0.4 is 5.32 Å². The standard InChI is InChI=1S/C22H32N2O3S/c1-15(2)12-19(14-28-17(4)25)21(26)23-20-13-16(3)24(22(20)27)11-10-18-8-6-5-7-9-18/h5-9,15-16,19-20H,10-14H2,1-4H3,(H,23,26). The topological polar surface area (TPSA) is 66.5 Å². The van der Waals surface area contributed by atoms with Gasteiger partial charge in [0.2, 0.25) is 11.8 Å². The van der Waals surface area contributed by atoms with E-state index in [1.54, 1.807) is 0 Å². The van der Waals surface area contributed by atoms with Crippen molar-refractivity contribution in [3.63, 3.8) is 0 Å². The van der Waals surface area contributed by atoms with Gasteiger partial charge < -0.3 is 10.2 Å². The first-order chi connectivity index (χ1) is 13.3. The highest BCUT2D eigenvalue weighted by molar-refractivity contribution is 8.13. The Balaban J connectivity index is 1.93. The number of hydrogen-bond donors (Lipinski definition) is 1. The molecular weight excluding hydrogens is 372 g/mol. The summed E-state index contributed by atoms with van der Waals surface area (Å²) >= 11 is 1.18. The van der Waals surface area contributed by atoms with E-state index < -0.39 is 6.04 Å². The summed E-state index contributed by atoms with van der Waals surface area (Å²) in [6, 6.07) is 9.76. The van der Waals surface area contributed by atoms with Gasteiger partial charge in [-0.05, 0) is 37.7 Å². The molecule has 0 radical (unpaired) electrons. The molecule has 1 N–H and O–H groups in total. The van der Waals surface area contributed by atoms with Crippen LogP contribution in [0.3, 0.4) is 0 Å². The van der Waals surface area contributed by atoms with E-state index in [1.165, 1.54) is 24.2 Å². The Hall–Kier alpha value is -1.82. The summed E-state index contributed by atoms with van der Waals surface area (Å²) < 4.78 is 0. The molecule has 1 fully saturated rings. The van der Waals surface area contributed by atoms with Gasteiger partial charge in [0.15, 0.2) is 5.12 Å². The van der Waals surface area contributed by atoms with E-state index in [-0.39, 0.29) is 28.9 Å². The van der Waals surface area contributed by atoms with Gasteiger partial charge >= 0.3 is 0 Å². The van der Waals surface area contributed by atoms with E-state index in [0.29, 0.717) is 31.1 Å². The van der Waals surface area contributed by atoms with E-state index in [0.717, 1.165) is 6.42 Å².